The van der Waals surface area contributed by atoms with Crippen LogP contribution >= 0.6 is 0 Å². The van der Waals surface area contributed by atoms with Crippen molar-refractivity contribution in [2.24, 2.45) is 11.8 Å². The third kappa shape index (κ3) is 1.71. The number of benzene rings is 1. The Morgan fingerprint density at radius 2 is 2.13 bits per heavy atom. The number of nitrogens with zero attached hydrogens (tertiary/aromatic N) is 1. The van der Waals surface area contributed by atoms with E-state index in [0.717, 1.165) is 5.69 Å². The lowest BCUT2D eigenvalue weighted by atomic mass is 9.74. The van der Waals surface area contributed by atoms with Gasteiger partial charge in [0.15, 0.2) is 0 Å². The lowest BCUT2D eigenvalue weighted by Gasteiger charge is -2.32. The number of amides is 1. The second kappa shape index (κ2) is 4.80. The molecule has 23 heavy (non-hydrogen) atoms. The molecule has 5 atom stereocenters. The van der Waals surface area contributed by atoms with Gasteiger partial charge < -0.3 is 14.7 Å². The average molecular weight is 311 g/mol. The summed E-state index contributed by atoms with van der Waals surface area (Å²) < 4.78 is 6.04. The number of para-hydroxylation sites is 1. The van der Waals surface area contributed by atoms with Crippen molar-refractivity contribution in [2.45, 2.75) is 24.2 Å². The zero-order valence-corrected chi connectivity index (χ0v) is 12.5. The number of carboxylic acids is 1. The number of carbonyl (C=O) groups is 2. The van der Waals surface area contributed by atoms with E-state index >= 15 is 0 Å². The van der Waals surface area contributed by atoms with Gasteiger partial charge in [0, 0.05) is 5.69 Å². The third-order valence-electron chi connectivity index (χ3n) is 5.13. The maximum atomic E-state index is 13.1. The van der Waals surface area contributed by atoms with Crippen LogP contribution in [0.2, 0.25) is 0 Å². The number of hydrogen-bond donors (Lipinski definition) is 1. The molecule has 3 aliphatic heterocycles. The first-order valence-electron chi connectivity index (χ1n) is 7.69. The summed E-state index contributed by atoms with van der Waals surface area (Å²) in [6.07, 6.45) is 5.44. The molecule has 3 heterocycles. The summed E-state index contributed by atoms with van der Waals surface area (Å²) in [5.74, 6) is -2.66. The molecular formula is C18H17NO4. The number of fused-ring (bicyclic) bond motifs is 1. The lowest BCUT2D eigenvalue weighted by Crippen LogP contribution is -2.45. The van der Waals surface area contributed by atoms with Gasteiger partial charge in [-0.25, -0.2) is 0 Å². The van der Waals surface area contributed by atoms with Crippen LogP contribution in [0.4, 0.5) is 5.69 Å². The largest absolute Gasteiger partial charge is 0.481 e. The van der Waals surface area contributed by atoms with Crippen molar-refractivity contribution in [1.29, 1.82) is 0 Å². The Bertz CT molecular complexity index is 713. The van der Waals surface area contributed by atoms with E-state index in [-0.39, 0.29) is 11.9 Å². The molecule has 2 saturated heterocycles. The van der Waals surface area contributed by atoms with Gasteiger partial charge in [-0.05, 0) is 18.6 Å². The van der Waals surface area contributed by atoms with Crippen LogP contribution in [0.25, 0.3) is 0 Å². The Hall–Kier alpha value is -2.40. The minimum Gasteiger partial charge on any atom is -0.481 e. The molecule has 0 aliphatic carbocycles. The molecule has 118 valence electrons. The van der Waals surface area contributed by atoms with Crippen molar-refractivity contribution in [3.63, 3.8) is 0 Å². The van der Waals surface area contributed by atoms with Crippen LogP contribution in [0.5, 0.6) is 0 Å². The Balaban J connectivity index is 1.85. The Morgan fingerprint density at radius 1 is 1.39 bits per heavy atom. The third-order valence-corrected chi connectivity index (χ3v) is 5.13. The molecule has 1 spiro atoms. The van der Waals surface area contributed by atoms with Gasteiger partial charge in [-0.15, -0.1) is 6.58 Å². The minimum absolute atomic E-state index is 0.178. The molecule has 1 N–H and O–H groups in total. The summed E-state index contributed by atoms with van der Waals surface area (Å²) in [6, 6.07) is 9.05. The van der Waals surface area contributed by atoms with E-state index in [1.54, 1.807) is 17.1 Å². The Kier molecular flexibility index (Phi) is 2.96. The maximum absolute atomic E-state index is 13.1. The fourth-order valence-corrected chi connectivity index (χ4v) is 4.27. The second-order valence-electron chi connectivity index (χ2n) is 6.22. The monoisotopic (exact) mass is 311 g/mol. The van der Waals surface area contributed by atoms with Gasteiger partial charge in [-0.1, -0.05) is 36.4 Å². The standard InChI is InChI=1S/C18H17NO4/c1-2-6-13-18-10-9-12(23-18)14(17(21)22)15(18)16(20)19(13)11-7-4-3-5-8-11/h2-5,7-10,12-15H,1,6H2,(H,21,22)/t12-,13+,14+,15-,18+/m1/s1. The normalized spacial score (nSPS) is 37.2. The first-order valence-corrected chi connectivity index (χ1v) is 7.69. The molecule has 1 aromatic carbocycles. The highest BCUT2D eigenvalue weighted by atomic mass is 16.5. The van der Waals surface area contributed by atoms with Gasteiger partial charge in [0.05, 0.1) is 18.1 Å². The lowest BCUT2D eigenvalue weighted by molar-refractivity contribution is -0.146. The SMILES string of the molecule is C=CC[C@@H]1N(c2ccccc2)C(=O)[C@H]2[C@@H](C(=O)O)[C@H]3C=C[C@]12O3. The molecule has 1 amide bonds. The number of aliphatic carboxylic acids is 1. The highest BCUT2D eigenvalue weighted by molar-refractivity contribution is 6.03. The Morgan fingerprint density at radius 3 is 2.78 bits per heavy atom. The summed E-state index contributed by atoms with van der Waals surface area (Å²) in [4.78, 5) is 26.5. The van der Waals surface area contributed by atoms with Crippen molar-refractivity contribution >= 4 is 17.6 Å². The first kappa shape index (κ1) is 14.2. The van der Waals surface area contributed by atoms with Crippen LogP contribution in [0.3, 0.4) is 0 Å². The van der Waals surface area contributed by atoms with Gasteiger partial charge in [-0.3, -0.25) is 9.59 Å². The van der Waals surface area contributed by atoms with E-state index in [9.17, 15) is 14.7 Å². The van der Waals surface area contributed by atoms with E-state index < -0.39 is 29.5 Å². The van der Waals surface area contributed by atoms with Crippen molar-refractivity contribution < 1.29 is 19.4 Å². The zero-order chi connectivity index (χ0) is 16.2. The molecule has 5 heteroatoms. The smallest absolute Gasteiger partial charge is 0.310 e. The predicted molar refractivity (Wildman–Crippen MR) is 83.9 cm³/mol. The fourth-order valence-electron chi connectivity index (χ4n) is 4.27. The Labute approximate surface area is 133 Å². The molecule has 1 aromatic rings. The van der Waals surface area contributed by atoms with Crippen molar-refractivity contribution in [2.75, 3.05) is 4.90 Å². The van der Waals surface area contributed by atoms with Gasteiger partial charge in [0.2, 0.25) is 5.91 Å². The van der Waals surface area contributed by atoms with Gasteiger partial charge in [0.25, 0.3) is 0 Å². The van der Waals surface area contributed by atoms with Crippen molar-refractivity contribution in [3.8, 4) is 0 Å². The van der Waals surface area contributed by atoms with E-state index in [1.807, 2.05) is 36.4 Å². The molecule has 2 fully saturated rings. The van der Waals surface area contributed by atoms with E-state index in [2.05, 4.69) is 6.58 Å². The molecule has 3 aliphatic rings. The van der Waals surface area contributed by atoms with Crippen LogP contribution in [-0.4, -0.2) is 34.7 Å². The number of anilines is 1. The molecular weight excluding hydrogens is 294 g/mol. The number of hydrogen-bond acceptors (Lipinski definition) is 3. The summed E-state index contributed by atoms with van der Waals surface area (Å²) in [5, 5.41) is 9.57. The van der Waals surface area contributed by atoms with Gasteiger partial charge in [0.1, 0.15) is 11.5 Å². The molecule has 0 unspecified atom stereocenters. The summed E-state index contributed by atoms with van der Waals surface area (Å²) in [5.41, 5.74) is -0.104. The summed E-state index contributed by atoms with van der Waals surface area (Å²) in [7, 11) is 0. The summed E-state index contributed by atoms with van der Waals surface area (Å²) >= 11 is 0. The summed E-state index contributed by atoms with van der Waals surface area (Å²) in [6.45, 7) is 3.79. The van der Waals surface area contributed by atoms with E-state index in [1.165, 1.54) is 0 Å². The molecule has 2 bridgehead atoms. The second-order valence-corrected chi connectivity index (χ2v) is 6.22. The van der Waals surface area contributed by atoms with Crippen molar-refractivity contribution in [1.82, 2.24) is 0 Å². The fraction of sp³-hybridized carbons (Fsp3) is 0.333. The maximum Gasteiger partial charge on any atom is 0.310 e. The van der Waals surface area contributed by atoms with Crippen LogP contribution in [0, 0.1) is 11.8 Å². The highest BCUT2D eigenvalue weighted by Gasteiger charge is 2.71. The molecule has 0 saturated carbocycles. The molecule has 4 rings (SSSR count). The van der Waals surface area contributed by atoms with Gasteiger partial charge >= 0.3 is 5.97 Å². The highest BCUT2D eigenvalue weighted by Crippen LogP contribution is 2.56. The van der Waals surface area contributed by atoms with E-state index in [0.29, 0.717) is 6.42 Å². The average Bonchev–Trinajstić information content (AvgIpc) is 3.18. The van der Waals surface area contributed by atoms with E-state index in [4.69, 9.17) is 4.74 Å². The molecule has 5 nitrogen and oxygen atoms in total. The van der Waals surface area contributed by atoms with Crippen LogP contribution in [-0.2, 0) is 14.3 Å². The number of rotatable bonds is 4. The number of carbonyl (C=O) groups excluding carboxylic acids is 1. The van der Waals surface area contributed by atoms with Crippen LogP contribution in [0.15, 0.2) is 55.1 Å². The topological polar surface area (TPSA) is 66.8 Å². The number of carboxylic acid groups (broad SMARTS) is 1. The zero-order valence-electron chi connectivity index (χ0n) is 12.5. The predicted octanol–water partition coefficient (Wildman–Crippen LogP) is 2.00. The quantitative estimate of drug-likeness (QED) is 0.864. The minimum atomic E-state index is -0.980. The first-order chi connectivity index (χ1) is 11.1. The number of ether oxygens (including phenoxy) is 1. The van der Waals surface area contributed by atoms with Crippen LogP contribution < -0.4 is 4.90 Å². The van der Waals surface area contributed by atoms with Crippen LogP contribution in [0.1, 0.15) is 6.42 Å². The molecule has 0 aromatic heterocycles. The van der Waals surface area contributed by atoms with Crippen molar-refractivity contribution in [3.05, 3.63) is 55.1 Å². The molecule has 0 radical (unpaired) electrons. The van der Waals surface area contributed by atoms with Gasteiger partial charge in [-0.2, -0.15) is 0 Å².